The topological polar surface area (TPSA) is 29.9 Å². The number of aryl methyl sites for hydroxylation is 2. The lowest BCUT2D eigenvalue weighted by Crippen LogP contribution is -2.35. The molecule has 1 aromatic rings. The standard InChI is InChI=1S/C16H28ClN3/c1-4-9-18-14-8-6-7-13(10-14)11-15-16(17)12(3)19-20(15)5-2/h13-14,18H,4-11H2,1-3H3. The van der Waals surface area contributed by atoms with Crippen molar-refractivity contribution in [2.24, 2.45) is 5.92 Å². The summed E-state index contributed by atoms with van der Waals surface area (Å²) in [5.74, 6) is 0.747. The predicted octanol–water partition coefficient (Wildman–Crippen LogP) is 3.97. The smallest absolute Gasteiger partial charge is 0.0847 e. The molecule has 114 valence electrons. The highest BCUT2D eigenvalue weighted by molar-refractivity contribution is 6.31. The molecule has 1 aromatic heterocycles. The first kappa shape index (κ1) is 15.8. The van der Waals surface area contributed by atoms with Crippen LogP contribution in [0.3, 0.4) is 0 Å². The summed E-state index contributed by atoms with van der Waals surface area (Å²) in [4.78, 5) is 0. The zero-order valence-corrected chi connectivity index (χ0v) is 13.8. The van der Waals surface area contributed by atoms with Gasteiger partial charge in [0.1, 0.15) is 0 Å². The fourth-order valence-corrected chi connectivity index (χ4v) is 3.56. The first-order valence-corrected chi connectivity index (χ1v) is 8.48. The molecular weight excluding hydrogens is 270 g/mol. The zero-order valence-electron chi connectivity index (χ0n) is 13.1. The molecule has 0 bridgehead atoms. The number of rotatable bonds is 6. The SMILES string of the molecule is CCCNC1CCCC(Cc2c(Cl)c(C)nn2CC)C1. The van der Waals surface area contributed by atoms with E-state index in [2.05, 4.69) is 28.9 Å². The van der Waals surface area contributed by atoms with Crippen molar-refractivity contribution >= 4 is 11.6 Å². The monoisotopic (exact) mass is 297 g/mol. The first-order chi connectivity index (χ1) is 9.65. The van der Waals surface area contributed by atoms with Crippen LogP contribution in [0.4, 0.5) is 0 Å². The molecule has 1 fully saturated rings. The molecule has 2 rings (SSSR count). The van der Waals surface area contributed by atoms with E-state index < -0.39 is 0 Å². The van der Waals surface area contributed by atoms with E-state index in [0.29, 0.717) is 6.04 Å². The van der Waals surface area contributed by atoms with Gasteiger partial charge in [0, 0.05) is 12.6 Å². The van der Waals surface area contributed by atoms with Crippen molar-refractivity contribution in [1.29, 1.82) is 0 Å². The Hall–Kier alpha value is -0.540. The van der Waals surface area contributed by atoms with Crippen LogP contribution in [0, 0.1) is 12.8 Å². The molecule has 0 aromatic carbocycles. The first-order valence-electron chi connectivity index (χ1n) is 8.10. The number of nitrogens with one attached hydrogen (secondary N) is 1. The van der Waals surface area contributed by atoms with E-state index in [9.17, 15) is 0 Å². The Balaban J connectivity index is 1.99. The molecular formula is C16H28ClN3. The predicted molar refractivity (Wildman–Crippen MR) is 85.4 cm³/mol. The van der Waals surface area contributed by atoms with Gasteiger partial charge in [0.15, 0.2) is 0 Å². The van der Waals surface area contributed by atoms with Crippen molar-refractivity contribution in [3.8, 4) is 0 Å². The summed E-state index contributed by atoms with van der Waals surface area (Å²) in [6.45, 7) is 8.43. The van der Waals surface area contributed by atoms with Crippen molar-refractivity contribution in [2.75, 3.05) is 6.54 Å². The molecule has 1 saturated carbocycles. The van der Waals surface area contributed by atoms with Crippen LogP contribution in [-0.4, -0.2) is 22.4 Å². The molecule has 1 heterocycles. The third-order valence-electron chi connectivity index (χ3n) is 4.40. The number of hydrogen-bond donors (Lipinski definition) is 1. The van der Waals surface area contributed by atoms with Gasteiger partial charge in [-0.25, -0.2) is 0 Å². The molecule has 1 aliphatic rings. The van der Waals surface area contributed by atoms with Gasteiger partial charge in [0.2, 0.25) is 0 Å². The number of nitrogens with zero attached hydrogens (tertiary/aromatic N) is 2. The third kappa shape index (κ3) is 3.76. The normalized spacial score (nSPS) is 23.2. The van der Waals surface area contributed by atoms with E-state index in [1.807, 2.05) is 6.92 Å². The van der Waals surface area contributed by atoms with Gasteiger partial charge >= 0.3 is 0 Å². The largest absolute Gasteiger partial charge is 0.314 e. The Morgan fingerprint density at radius 2 is 2.15 bits per heavy atom. The van der Waals surface area contributed by atoms with Crippen LogP contribution in [0.2, 0.25) is 5.02 Å². The average Bonchev–Trinajstić information content (AvgIpc) is 2.73. The summed E-state index contributed by atoms with van der Waals surface area (Å²) in [6.07, 6.45) is 7.57. The number of aromatic nitrogens is 2. The molecule has 0 radical (unpaired) electrons. The van der Waals surface area contributed by atoms with Crippen LogP contribution in [0.1, 0.15) is 57.3 Å². The second kappa shape index (κ2) is 7.46. The molecule has 1 aliphatic carbocycles. The maximum Gasteiger partial charge on any atom is 0.0847 e. The van der Waals surface area contributed by atoms with Gasteiger partial charge < -0.3 is 5.32 Å². The lowest BCUT2D eigenvalue weighted by molar-refractivity contribution is 0.280. The quantitative estimate of drug-likeness (QED) is 0.861. The molecule has 0 saturated heterocycles. The van der Waals surface area contributed by atoms with Crippen LogP contribution in [-0.2, 0) is 13.0 Å². The van der Waals surface area contributed by atoms with Crippen LogP contribution >= 0.6 is 11.6 Å². The highest BCUT2D eigenvalue weighted by Crippen LogP contribution is 2.30. The van der Waals surface area contributed by atoms with Gasteiger partial charge in [-0.15, -0.1) is 0 Å². The lowest BCUT2D eigenvalue weighted by atomic mass is 9.83. The van der Waals surface area contributed by atoms with E-state index in [-0.39, 0.29) is 0 Å². The van der Waals surface area contributed by atoms with Crippen molar-refractivity contribution in [3.63, 3.8) is 0 Å². The molecule has 2 atom stereocenters. The van der Waals surface area contributed by atoms with Crippen LogP contribution in [0.25, 0.3) is 0 Å². The Labute approximate surface area is 128 Å². The summed E-state index contributed by atoms with van der Waals surface area (Å²) >= 11 is 6.43. The molecule has 20 heavy (non-hydrogen) atoms. The van der Waals surface area contributed by atoms with Crippen molar-refractivity contribution in [1.82, 2.24) is 15.1 Å². The van der Waals surface area contributed by atoms with Gasteiger partial charge in [-0.05, 0) is 58.4 Å². The lowest BCUT2D eigenvalue weighted by Gasteiger charge is -2.30. The van der Waals surface area contributed by atoms with E-state index in [0.717, 1.165) is 36.1 Å². The van der Waals surface area contributed by atoms with E-state index in [4.69, 9.17) is 11.6 Å². The Morgan fingerprint density at radius 1 is 1.35 bits per heavy atom. The second-order valence-electron chi connectivity index (χ2n) is 6.05. The van der Waals surface area contributed by atoms with Crippen LogP contribution in [0.15, 0.2) is 0 Å². The minimum atomic E-state index is 0.701. The maximum atomic E-state index is 6.43. The molecule has 2 unspecified atom stereocenters. The molecule has 0 aliphatic heterocycles. The number of halogens is 1. The van der Waals surface area contributed by atoms with Gasteiger partial charge in [-0.2, -0.15) is 5.10 Å². The Kier molecular flexibility index (Phi) is 5.91. The summed E-state index contributed by atoms with van der Waals surface area (Å²) in [5.41, 5.74) is 2.22. The van der Waals surface area contributed by atoms with Gasteiger partial charge in [0.05, 0.1) is 16.4 Å². The van der Waals surface area contributed by atoms with E-state index in [1.165, 1.54) is 37.8 Å². The van der Waals surface area contributed by atoms with E-state index >= 15 is 0 Å². The fraction of sp³-hybridized carbons (Fsp3) is 0.812. The second-order valence-corrected chi connectivity index (χ2v) is 6.43. The Bertz CT molecular complexity index is 428. The van der Waals surface area contributed by atoms with Gasteiger partial charge in [-0.3, -0.25) is 4.68 Å². The fourth-order valence-electron chi connectivity index (χ4n) is 3.35. The average molecular weight is 298 g/mol. The zero-order chi connectivity index (χ0) is 14.5. The maximum absolute atomic E-state index is 6.43. The van der Waals surface area contributed by atoms with E-state index in [1.54, 1.807) is 0 Å². The third-order valence-corrected chi connectivity index (χ3v) is 4.89. The van der Waals surface area contributed by atoms with Crippen molar-refractivity contribution in [2.45, 2.75) is 71.9 Å². The molecule has 1 N–H and O–H groups in total. The van der Waals surface area contributed by atoms with Crippen LogP contribution < -0.4 is 5.32 Å². The molecule has 0 spiro atoms. The minimum absolute atomic E-state index is 0.701. The minimum Gasteiger partial charge on any atom is -0.314 e. The van der Waals surface area contributed by atoms with Gasteiger partial charge in [-0.1, -0.05) is 24.9 Å². The van der Waals surface area contributed by atoms with Crippen LogP contribution in [0.5, 0.6) is 0 Å². The highest BCUT2D eigenvalue weighted by Gasteiger charge is 2.24. The van der Waals surface area contributed by atoms with Crippen molar-refractivity contribution < 1.29 is 0 Å². The summed E-state index contributed by atoms with van der Waals surface area (Å²) < 4.78 is 2.08. The number of hydrogen-bond acceptors (Lipinski definition) is 2. The summed E-state index contributed by atoms with van der Waals surface area (Å²) in [7, 11) is 0. The Morgan fingerprint density at radius 3 is 2.85 bits per heavy atom. The van der Waals surface area contributed by atoms with Gasteiger partial charge in [0.25, 0.3) is 0 Å². The molecule has 4 heteroatoms. The highest BCUT2D eigenvalue weighted by atomic mass is 35.5. The summed E-state index contributed by atoms with van der Waals surface area (Å²) in [5, 5.41) is 9.10. The molecule has 0 amide bonds. The molecule has 3 nitrogen and oxygen atoms in total. The summed E-state index contributed by atoms with van der Waals surface area (Å²) in [6, 6.07) is 0.701. The van der Waals surface area contributed by atoms with Crippen molar-refractivity contribution in [3.05, 3.63) is 16.4 Å².